The van der Waals surface area contributed by atoms with E-state index in [4.69, 9.17) is 17.3 Å². The number of alkyl halides is 2. The van der Waals surface area contributed by atoms with E-state index in [1.165, 1.54) is 6.07 Å². The number of nitrogens with zero attached hydrogens (tertiary/aromatic N) is 1. The monoisotopic (exact) mass is 270 g/mol. The smallest absolute Gasteiger partial charge is 0.266 e. The Kier molecular flexibility index (Phi) is 3.58. The maximum absolute atomic E-state index is 12.4. The summed E-state index contributed by atoms with van der Waals surface area (Å²) in [5.74, 6) is 0. The number of hydrogen-bond donors (Lipinski definition) is 1. The zero-order chi connectivity index (χ0) is 10.0. The molecule has 0 radical (unpaired) electrons. The molecule has 1 aromatic rings. The first-order valence-corrected chi connectivity index (χ1v) is 4.56. The summed E-state index contributed by atoms with van der Waals surface area (Å²) in [5.41, 5.74) is 5.40. The molecule has 0 unspecified atom stereocenters. The topological polar surface area (TPSA) is 38.9 Å². The molecule has 0 aromatic carbocycles. The summed E-state index contributed by atoms with van der Waals surface area (Å²) in [6, 6.07) is 1.34. The second-order valence-corrected chi connectivity index (χ2v) is 3.45. The minimum absolute atomic E-state index is 0.0144. The summed E-state index contributed by atoms with van der Waals surface area (Å²) >= 11 is 8.47. The maximum atomic E-state index is 12.4. The first-order valence-electron chi connectivity index (χ1n) is 3.39. The number of rotatable bonds is 2. The normalized spacial score (nSPS) is 10.9. The third kappa shape index (κ3) is 2.36. The van der Waals surface area contributed by atoms with Gasteiger partial charge in [-0.1, -0.05) is 11.6 Å². The Morgan fingerprint density at radius 3 is 2.69 bits per heavy atom. The molecular weight excluding hydrogens is 265 g/mol. The highest BCUT2D eigenvalue weighted by Gasteiger charge is 2.17. The lowest BCUT2D eigenvalue weighted by Gasteiger charge is -2.08. The van der Waals surface area contributed by atoms with Crippen LogP contribution >= 0.6 is 27.5 Å². The van der Waals surface area contributed by atoms with Gasteiger partial charge in [0.05, 0.1) is 5.56 Å². The van der Waals surface area contributed by atoms with Crippen LogP contribution in [0.25, 0.3) is 0 Å². The van der Waals surface area contributed by atoms with Crippen LogP contribution in [0.2, 0.25) is 5.15 Å². The molecule has 0 aliphatic heterocycles. The van der Waals surface area contributed by atoms with E-state index in [1.807, 2.05) is 0 Å². The summed E-state index contributed by atoms with van der Waals surface area (Å²) in [4.78, 5) is 3.65. The summed E-state index contributed by atoms with van der Waals surface area (Å²) in [6.45, 7) is 0.0144. The van der Waals surface area contributed by atoms with Gasteiger partial charge in [0.2, 0.25) is 0 Å². The quantitative estimate of drug-likeness (QED) is 0.840. The van der Waals surface area contributed by atoms with Gasteiger partial charge in [0.25, 0.3) is 6.43 Å². The van der Waals surface area contributed by atoms with Crippen LogP contribution in [0.5, 0.6) is 0 Å². The molecule has 2 nitrogen and oxygen atoms in total. The zero-order valence-corrected chi connectivity index (χ0v) is 8.74. The van der Waals surface area contributed by atoms with E-state index in [0.717, 1.165) is 0 Å². The van der Waals surface area contributed by atoms with Gasteiger partial charge in [0, 0.05) is 6.54 Å². The molecule has 2 N–H and O–H groups in total. The Labute approximate surface area is 87.2 Å². The van der Waals surface area contributed by atoms with Crippen molar-refractivity contribution in [2.75, 3.05) is 0 Å². The fourth-order valence-electron chi connectivity index (χ4n) is 0.939. The van der Waals surface area contributed by atoms with Crippen LogP contribution in [-0.2, 0) is 6.54 Å². The largest absolute Gasteiger partial charge is 0.326 e. The van der Waals surface area contributed by atoms with Crippen LogP contribution in [-0.4, -0.2) is 4.98 Å². The molecule has 0 fully saturated rings. The van der Waals surface area contributed by atoms with Crippen molar-refractivity contribution in [3.63, 3.8) is 0 Å². The van der Waals surface area contributed by atoms with Crippen molar-refractivity contribution in [1.82, 2.24) is 4.98 Å². The van der Waals surface area contributed by atoms with Crippen molar-refractivity contribution in [1.29, 1.82) is 0 Å². The van der Waals surface area contributed by atoms with E-state index in [0.29, 0.717) is 5.56 Å². The van der Waals surface area contributed by atoms with E-state index in [-0.39, 0.29) is 21.9 Å². The molecule has 0 aliphatic carbocycles. The third-order valence-corrected chi connectivity index (χ3v) is 2.30. The standard InChI is InChI=1S/C7H6BrClF2N2/c8-6-5(7(10)11)3(2-12)1-4(9)13-6/h1,7H,2,12H2. The second kappa shape index (κ2) is 4.30. The summed E-state index contributed by atoms with van der Waals surface area (Å²) in [5, 5.41) is 0.150. The van der Waals surface area contributed by atoms with Crippen molar-refractivity contribution in [2.45, 2.75) is 13.0 Å². The van der Waals surface area contributed by atoms with Crippen LogP contribution in [0.3, 0.4) is 0 Å². The second-order valence-electron chi connectivity index (χ2n) is 2.31. The highest BCUT2D eigenvalue weighted by atomic mass is 79.9. The van der Waals surface area contributed by atoms with Crippen molar-refractivity contribution >= 4 is 27.5 Å². The van der Waals surface area contributed by atoms with Crippen LogP contribution in [0.4, 0.5) is 8.78 Å². The Bertz CT molecular complexity index is 320. The molecule has 6 heteroatoms. The average Bonchev–Trinajstić information content (AvgIpc) is 2.01. The van der Waals surface area contributed by atoms with Crippen LogP contribution in [0, 0.1) is 0 Å². The molecule has 0 amide bonds. The summed E-state index contributed by atoms with van der Waals surface area (Å²) in [7, 11) is 0. The van der Waals surface area contributed by atoms with Gasteiger partial charge in [-0.05, 0) is 27.6 Å². The molecule has 0 saturated heterocycles. The Morgan fingerprint density at radius 2 is 2.23 bits per heavy atom. The van der Waals surface area contributed by atoms with Gasteiger partial charge < -0.3 is 5.73 Å². The summed E-state index contributed by atoms with van der Waals surface area (Å²) in [6.07, 6.45) is -2.60. The van der Waals surface area contributed by atoms with Crippen LogP contribution in [0.15, 0.2) is 10.7 Å². The number of hydrogen-bond acceptors (Lipinski definition) is 2. The Morgan fingerprint density at radius 1 is 1.62 bits per heavy atom. The lowest BCUT2D eigenvalue weighted by Crippen LogP contribution is -2.04. The first-order chi connectivity index (χ1) is 6.06. The van der Waals surface area contributed by atoms with Crippen molar-refractivity contribution < 1.29 is 8.78 Å². The molecule has 0 spiro atoms. The predicted octanol–water partition coefficient (Wildman–Crippen LogP) is 2.89. The van der Waals surface area contributed by atoms with Gasteiger partial charge in [-0.25, -0.2) is 13.8 Å². The van der Waals surface area contributed by atoms with Gasteiger partial charge in [-0.3, -0.25) is 0 Å². The maximum Gasteiger partial charge on any atom is 0.266 e. The average molecular weight is 271 g/mol. The fraction of sp³-hybridized carbons (Fsp3) is 0.286. The van der Waals surface area contributed by atoms with E-state index in [9.17, 15) is 8.78 Å². The minimum atomic E-state index is -2.60. The number of pyridine rings is 1. The summed E-state index contributed by atoms with van der Waals surface area (Å²) < 4.78 is 24.9. The molecule has 72 valence electrons. The highest BCUT2D eigenvalue weighted by Crippen LogP contribution is 2.30. The van der Waals surface area contributed by atoms with Crippen molar-refractivity contribution in [2.24, 2.45) is 5.73 Å². The molecular formula is C7H6BrClF2N2. The molecule has 0 atom stereocenters. The van der Waals surface area contributed by atoms with E-state index in [2.05, 4.69) is 20.9 Å². The van der Waals surface area contributed by atoms with Gasteiger partial charge in [-0.15, -0.1) is 0 Å². The van der Waals surface area contributed by atoms with Gasteiger partial charge in [0.15, 0.2) is 0 Å². The van der Waals surface area contributed by atoms with Gasteiger partial charge >= 0.3 is 0 Å². The molecule has 1 heterocycles. The van der Waals surface area contributed by atoms with E-state index >= 15 is 0 Å². The fourth-order valence-corrected chi connectivity index (χ4v) is 1.88. The number of aromatic nitrogens is 1. The number of nitrogens with two attached hydrogens (primary N) is 1. The van der Waals surface area contributed by atoms with E-state index in [1.54, 1.807) is 0 Å². The SMILES string of the molecule is NCc1cc(Cl)nc(Br)c1C(F)F. The van der Waals surface area contributed by atoms with Crippen LogP contribution in [0.1, 0.15) is 17.6 Å². The third-order valence-electron chi connectivity index (χ3n) is 1.50. The Balaban J connectivity index is 3.30. The van der Waals surface area contributed by atoms with Crippen molar-refractivity contribution in [3.8, 4) is 0 Å². The lowest BCUT2D eigenvalue weighted by molar-refractivity contribution is 0.149. The predicted molar refractivity (Wildman–Crippen MR) is 49.8 cm³/mol. The molecule has 0 saturated carbocycles. The van der Waals surface area contributed by atoms with Gasteiger partial charge in [0.1, 0.15) is 9.76 Å². The molecule has 1 aromatic heterocycles. The van der Waals surface area contributed by atoms with Crippen molar-refractivity contribution in [3.05, 3.63) is 26.9 Å². The lowest BCUT2D eigenvalue weighted by atomic mass is 10.1. The molecule has 13 heavy (non-hydrogen) atoms. The van der Waals surface area contributed by atoms with E-state index < -0.39 is 6.43 Å². The Hall–Kier alpha value is -0.260. The minimum Gasteiger partial charge on any atom is -0.326 e. The van der Waals surface area contributed by atoms with Crippen LogP contribution < -0.4 is 5.73 Å². The first kappa shape index (κ1) is 10.8. The molecule has 0 bridgehead atoms. The zero-order valence-electron chi connectivity index (χ0n) is 6.40. The number of halogens is 4. The highest BCUT2D eigenvalue weighted by molar-refractivity contribution is 9.10. The molecule has 0 aliphatic rings. The molecule has 1 rings (SSSR count). The van der Waals surface area contributed by atoms with Gasteiger partial charge in [-0.2, -0.15) is 0 Å².